The SMILES string of the molecule is Cc1nccc(N2CC(S(N)(=O)=O)CC2=O)c1C. The lowest BCUT2D eigenvalue weighted by Gasteiger charge is -2.19. The van der Waals surface area contributed by atoms with Gasteiger partial charge >= 0.3 is 0 Å². The van der Waals surface area contributed by atoms with Crippen LogP contribution in [0.4, 0.5) is 5.69 Å². The Balaban J connectivity index is 2.36. The average molecular weight is 269 g/mol. The monoisotopic (exact) mass is 269 g/mol. The van der Waals surface area contributed by atoms with Gasteiger partial charge in [-0.1, -0.05) is 0 Å². The topological polar surface area (TPSA) is 93.4 Å². The fraction of sp³-hybridized carbons (Fsp3) is 0.455. The molecule has 2 N–H and O–H groups in total. The van der Waals surface area contributed by atoms with Crippen molar-refractivity contribution in [1.29, 1.82) is 0 Å². The van der Waals surface area contributed by atoms with E-state index in [9.17, 15) is 13.2 Å². The van der Waals surface area contributed by atoms with Crippen LogP contribution in [0.2, 0.25) is 0 Å². The van der Waals surface area contributed by atoms with Gasteiger partial charge in [0, 0.05) is 30.5 Å². The number of aromatic nitrogens is 1. The van der Waals surface area contributed by atoms with E-state index in [-0.39, 0.29) is 18.9 Å². The maximum atomic E-state index is 11.9. The number of amides is 1. The van der Waals surface area contributed by atoms with Crippen LogP contribution < -0.4 is 10.0 Å². The Morgan fingerprint density at radius 1 is 1.44 bits per heavy atom. The summed E-state index contributed by atoms with van der Waals surface area (Å²) >= 11 is 0. The van der Waals surface area contributed by atoms with Crippen molar-refractivity contribution >= 4 is 21.6 Å². The summed E-state index contributed by atoms with van der Waals surface area (Å²) < 4.78 is 22.6. The van der Waals surface area contributed by atoms with Gasteiger partial charge in [0.1, 0.15) is 5.25 Å². The molecule has 1 aliphatic rings. The second-order valence-electron chi connectivity index (χ2n) is 4.46. The first-order chi connectivity index (χ1) is 8.30. The summed E-state index contributed by atoms with van der Waals surface area (Å²) in [5.74, 6) is -0.220. The number of hydrogen-bond acceptors (Lipinski definition) is 4. The molecule has 1 aromatic rings. The number of primary sulfonamides is 1. The summed E-state index contributed by atoms with van der Waals surface area (Å²) in [6.07, 6.45) is 1.55. The van der Waals surface area contributed by atoms with E-state index >= 15 is 0 Å². The smallest absolute Gasteiger partial charge is 0.228 e. The number of anilines is 1. The second kappa shape index (κ2) is 4.33. The molecule has 1 amide bonds. The summed E-state index contributed by atoms with van der Waals surface area (Å²) in [6, 6.07) is 1.71. The maximum Gasteiger partial charge on any atom is 0.228 e. The molecule has 6 nitrogen and oxygen atoms in total. The highest BCUT2D eigenvalue weighted by Crippen LogP contribution is 2.27. The molecule has 1 aliphatic heterocycles. The number of pyridine rings is 1. The van der Waals surface area contributed by atoms with Crippen molar-refractivity contribution < 1.29 is 13.2 Å². The van der Waals surface area contributed by atoms with Crippen molar-refractivity contribution in [2.24, 2.45) is 5.14 Å². The minimum Gasteiger partial charge on any atom is -0.311 e. The molecule has 98 valence electrons. The van der Waals surface area contributed by atoms with E-state index in [1.807, 2.05) is 13.8 Å². The molecule has 1 aromatic heterocycles. The lowest BCUT2D eigenvalue weighted by Crippen LogP contribution is -2.32. The van der Waals surface area contributed by atoms with Crippen LogP contribution in [-0.2, 0) is 14.8 Å². The normalized spacial score (nSPS) is 20.5. The molecule has 1 atom stereocenters. The summed E-state index contributed by atoms with van der Waals surface area (Å²) in [5, 5.41) is 4.27. The van der Waals surface area contributed by atoms with Gasteiger partial charge in [-0.2, -0.15) is 0 Å². The summed E-state index contributed by atoms with van der Waals surface area (Å²) in [5.41, 5.74) is 2.40. The molecule has 0 spiro atoms. The molecule has 2 heterocycles. The van der Waals surface area contributed by atoms with Crippen LogP contribution in [0.25, 0.3) is 0 Å². The van der Waals surface area contributed by atoms with E-state index in [0.717, 1.165) is 11.3 Å². The number of nitrogens with zero attached hydrogens (tertiary/aromatic N) is 2. The molecular formula is C11H15N3O3S. The minimum absolute atomic E-state index is 0.0559. The van der Waals surface area contributed by atoms with Gasteiger partial charge in [-0.3, -0.25) is 9.78 Å². The molecule has 1 unspecified atom stereocenters. The fourth-order valence-electron chi connectivity index (χ4n) is 2.05. The van der Waals surface area contributed by atoms with E-state index in [1.165, 1.54) is 4.90 Å². The van der Waals surface area contributed by atoms with Crippen LogP contribution in [0.3, 0.4) is 0 Å². The first-order valence-corrected chi connectivity index (χ1v) is 7.16. The Kier molecular flexibility index (Phi) is 3.12. The van der Waals surface area contributed by atoms with Gasteiger partial charge in [0.15, 0.2) is 0 Å². The number of carbonyl (C=O) groups excluding carboxylic acids is 1. The molecule has 2 rings (SSSR count). The quantitative estimate of drug-likeness (QED) is 0.823. The maximum absolute atomic E-state index is 11.9. The van der Waals surface area contributed by atoms with Gasteiger partial charge in [0.2, 0.25) is 15.9 Å². The standard InChI is InChI=1S/C11H15N3O3S/c1-7-8(2)13-4-3-10(7)14-6-9(5-11(14)15)18(12,16)17/h3-4,9H,5-6H2,1-2H3,(H2,12,16,17). The number of nitrogens with two attached hydrogens (primary N) is 1. The zero-order valence-corrected chi connectivity index (χ0v) is 11.1. The molecule has 0 aliphatic carbocycles. The zero-order chi connectivity index (χ0) is 13.5. The lowest BCUT2D eigenvalue weighted by molar-refractivity contribution is -0.117. The van der Waals surface area contributed by atoms with Crippen LogP contribution in [0.5, 0.6) is 0 Å². The first-order valence-electron chi connectivity index (χ1n) is 5.55. The van der Waals surface area contributed by atoms with Crippen LogP contribution in [0.1, 0.15) is 17.7 Å². The molecule has 0 aromatic carbocycles. The van der Waals surface area contributed by atoms with Gasteiger partial charge in [-0.05, 0) is 25.5 Å². The van der Waals surface area contributed by atoms with Crippen molar-refractivity contribution in [3.05, 3.63) is 23.5 Å². The van der Waals surface area contributed by atoms with Crippen molar-refractivity contribution in [1.82, 2.24) is 4.98 Å². The van der Waals surface area contributed by atoms with E-state index < -0.39 is 15.3 Å². The molecule has 0 radical (unpaired) electrons. The van der Waals surface area contributed by atoms with Crippen molar-refractivity contribution in [2.45, 2.75) is 25.5 Å². The summed E-state index contributed by atoms with van der Waals surface area (Å²) in [4.78, 5) is 17.5. The van der Waals surface area contributed by atoms with Gasteiger partial charge in [0.25, 0.3) is 0 Å². The van der Waals surface area contributed by atoms with Crippen molar-refractivity contribution in [3.8, 4) is 0 Å². The summed E-state index contributed by atoms with van der Waals surface area (Å²) in [7, 11) is -3.68. The largest absolute Gasteiger partial charge is 0.311 e. The zero-order valence-electron chi connectivity index (χ0n) is 10.3. The molecule has 1 saturated heterocycles. The molecule has 1 fully saturated rings. The number of sulfonamides is 1. The van der Waals surface area contributed by atoms with Crippen LogP contribution in [0, 0.1) is 13.8 Å². The van der Waals surface area contributed by atoms with E-state index in [2.05, 4.69) is 4.98 Å². The van der Waals surface area contributed by atoms with Crippen molar-refractivity contribution in [3.63, 3.8) is 0 Å². The number of rotatable bonds is 2. The Hall–Kier alpha value is -1.47. The Bertz CT molecular complexity index is 598. The van der Waals surface area contributed by atoms with Gasteiger partial charge < -0.3 is 4.90 Å². The van der Waals surface area contributed by atoms with E-state index in [0.29, 0.717) is 5.69 Å². The molecule has 0 saturated carbocycles. The summed E-state index contributed by atoms with van der Waals surface area (Å²) in [6.45, 7) is 3.81. The Morgan fingerprint density at radius 3 is 2.67 bits per heavy atom. The molecule has 18 heavy (non-hydrogen) atoms. The molecular weight excluding hydrogens is 254 g/mol. The third-order valence-electron chi connectivity index (χ3n) is 3.27. The van der Waals surface area contributed by atoms with Crippen LogP contribution in [0.15, 0.2) is 12.3 Å². The lowest BCUT2D eigenvalue weighted by atomic mass is 10.2. The Morgan fingerprint density at radius 2 is 2.11 bits per heavy atom. The Labute approximate surface area is 106 Å². The highest BCUT2D eigenvalue weighted by Gasteiger charge is 2.37. The number of hydrogen-bond donors (Lipinski definition) is 1. The second-order valence-corrected chi connectivity index (χ2v) is 6.30. The van der Waals surface area contributed by atoms with Gasteiger partial charge in [0.05, 0.1) is 0 Å². The van der Waals surface area contributed by atoms with Gasteiger partial charge in [-0.25, -0.2) is 13.6 Å². The molecule has 0 bridgehead atoms. The third kappa shape index (κ3) is 2.23. The van der Waals surface area contributed by atoms with Crippen LogP contribution >= 0.6 is 0 Å². The number of aryl methyl sites for hydroxylation is 1. The van der Waals surface area contributed by atoms with E-state index in [4.69, 9.17) is 5.14 Å². The van der Waals surface area contributed by atoms with Crippen LogP contribution in [-0.4, -0.2) is 31.1 Å². The average Bonchev–Trinajstić information content (AvgIpc) is 2.64. The predicted octanol–water partition coefficient (Wildman–Crippen LogP) is 0.0922. The number of carbonyl (C=O) groups is 1. The van der Waals surface area contributed by atoms with Crippen molar-refractivity contribution in [2.75, 3.05) is 11.4 Å². The minimum atomic E-state index is -3.68. The fourth-order valence-corrected chi connectivity index (χ4v) is 2.78. The van der Waals surface area contributed by atoms with Gasteiger partial charge in [-0.15, -0.1) is 0 Å². The highest BCUT2D eigenvalue weighted by molar-refractivity contribution is 7.89. The highest BCUT2D eigenvalue weighted by atomic mass is 32.2. The predicted molar refractivity (Wildman–Crippen MR) is 67.6 cm³/mol. The first kappa shape index (κ1) is 13.0. The van der Waals surface area contributed by atoms with E-state index in [1.54, 1.807) is 12.3 Å². The molecule has 7 heteroatoms. The third-order valence-corrected chi connectivity index (χ3v) is 4.52.